The summed E-state index contributed by atoms with van der Waals surface area (Å²) >= 11 is 0. The standard InChI is InChI=1S/C18H14F2N4O3/c19-12-1-5-14(6-2-12)24-10-9-16(23-24)18(26)22-21-17(25)11-27-15-7-3-13(20)4-8-15/h1-10H,11H2,(H,21,25)(H,22,26). The highest BCUT2D eigenvalue weighted by atomic mass is 19.1. The zero-order valence-corrected chi connectivity index (χ0v) is 13.9. The molecular weight excluding hydrogens is 358 g/mol. The smallest absolute Gasteiger partial charge is 0.290 e. The van der Waals surface area contributed by atoms with E-state index >= 15 is 0 Å². The lowest BCUT2D eigenvalue weighted by Crippen LogP contribution is -2.44. The molecule has 0 aliphatic carbocycles. The van der Waals surface area contributed by atoms with Gasteiger partial charge in [-0.05, 0) is 54.6 Å². The number of carbonyl (C=O) groups excluding carboxylic acids is 2. The van der Waals surface area contributed by atoms with E-state index in [0.717, 1.165) is 0 Å². The largest absolute Gasteiger partial charge is 0.484 e. The molecule has 0 atom stereocenters. The molecular formula is C18H14F2N4O3. The van der Waals surface area contributed by atoms with Crippen LogP contribution in [0.15, 0.2) is 60.8 Å². The quantitative estimate of drug-likeness (QED) is 0.671. The van der Waals surface area contributed by atoms with Crippen LogP contribution in [0.3, 0.4) is 0 Å². The first-order valence-corrected chi connectivity index (χ1v) is 7.80. The van der Waals surface area contributed by atoms with E-state index in [9.17, 15) is 18.4 Å². The summed E-state index contributed by atoms with van der Waals surface area (Å²) in [5, 5.41) is 4.05. The first kappa shape index (κ1) is 18.1. The second-order valence-corrected chi connectivity index (χ2v) is 5.37. The van der Waals surface area contributed by atoms with E-state index in [1.165, 1.54) is 65.5 Å². The fourth-order valence-corrected chi connectivity index (χ4v) is 2.09. The molecule has 0 bridgehead atoms. The van der Waals surface area contributed by atoms with Gasteiger partial charge in [0.2, 0.25) is 0 Å². The van der Waals surface area contributed by atoms with Crippen molar-refractivity contribution in [2.24, 2.45) is 0 Å². The zero-order chi connectivity index (χ0) is 19.2. The number of ether oxygens (including phenoxy) is 1. The maximum absolute atomic E-state index is 12.9. The summed E-state index contributed by atoms with van der Waals surface area (Å²) in [7, 11) is 0. The molecule has 0 saturated carbocycles. The van der Waals surface area contributed by atoms with Crippen LogP contribution >= 0.6 is 0 Å². The van der Waals surface area contributed by atoms with Crippen LogP contribution in [0.5, 0.6) is 5.75 Å². The van der Waals surface area contributed by atoms with Gasteiger partial charge in [0, 0.05) is 6.20 Å². The van der Waals surface area contributed by atoms with E-state index in [2.05, 4.69) is 16.0 Å². The number of benzene rings is 2. The molecule has 27 heavy (non-hydrogen) atoms. The molecule has 3 rings (SSSR count). The molecule has 0 aliphatic heterocycles. The molecule has 3 aromatic rings. The Balaban J connectivity index is 1.49. The maximum atomic E-state index is 12.9. The molecule has 1 heterocycles. The number of aromatic nitrogens is 2. The summed E-state index contributed by atoms with van der Waals surface area (Å²) in [6.45, 7) is -0.365. The van der Waals surface area contributed by atoms with Crippen LogP contribution in [0.1, 0.15) is 10.5 Å². The monoisotopic (exact) mass is 372 g/mol. The van der Waals surface area contributed by atoms with Crippen molar-refractivity contribution in [3.63, 3.8) is 0 Å². The molecule has 1 aromatic heterocycles. The van der Waals surface area contributed by atoms with Crippen molar-refractivity contribution in [1.29, 1.82) is 0 Å². The molecule has 0 fully saturated rings. The van der Waals surface area contributed by atoms with Crippen molar-refractivity contribution >= 4 is 11.8 Å². The summed E-state index contributed by atoms with van der Waals surface area (Å²) < 4.78 is 32.3. The highest BCUT2D eigenvalue weighted by Gasteiger charge is 2.12. The average Bonchev–Trinajstić information content (AvgIpc) is 3.16. The maximum Gasteiger partial charge on any atom is 0.290 e. The van der Waals surface area contributed by atoms with Crippen LogP contribution in [0, 0.1) is 11.6 Å². The fraction of sp³-hybridized carbons (Fsp3) is 0.0556. The SMILES string of the molecule is O=C(COc1ccc(F)cc1)NNC(=O)c1ccn(-c2ccc(F)cc2)n1. The minimum absolute atomic E-state index is 0.0547. The van der Waals surface area contributed by atoms with Gasteiger partial charge in [-0.15, -0.1) is 0 Å². The van der Waals surface area contributed by atoms with Crippen molar-refractivity contribution in [3.05, 3.63) is 78.1 Å². The van der Waals surface area contributed by atoms with Gasteiger partial charge in [-0.25, -0.2) is 13.5 Å². The third-order valence-corrected chi connectivity index (χ3v) is 3.41. The first-order valence-electron chi connectivity index (χ1n) is 7.80. The Hall–Kier alpha value is -3.75. The Bertz CT molecular complexity index is 940. The molecule has 0 aliphatic rings. The molecule has 0 saturated heterocycles. The molecule has 7 nitrogen and oxygen atoms in total. The predicted octanol–water partition coefficient (Wildman–Crippen LogP) is 1.99. The van der Waals surface area contributed by atoms with E-state index in [0.29, 0.717) is 11.4 Å². The number of nitrogens with one attached hydrogen (secondary N) is 2. The second kappa shape index (κ2) is 8.09. The summed E-state index contributed by atoms with van der Waals surface area (Å²) in [6, 6.07) is 12.2. The number of halogens is 2. The molecule has 0 radical (unpaired) electrons. The lowest BCUT2D eigenvalue weighted by Gasteiger charge is -2.08. The zero-order valence-electron chi connectivity index (χ0n) is 13.9. The number of carbonyl (C=O) groups is 2. The topological polar surface area (TPSA) is 85.3 Å². The van der Waals surface area contributed by atoms with Crippen LogP contribution in [0.2, 0.25) is 0 Å². The van der Waals surface area contributed by atoms with Crippen LogP contribution < -0.4 is 15.6 Å². The van der Waals surface area contributed by atoms with Gasteiger partial charge in [0.15, 0.2) is 12.3 Å². The molecule has 2 aromatic carbocycles. The average molecular weight is 372 g/mol. The highest BCUT2D eigenvalue weighted by molar-refractivity contribution is 5.93. The minimum atomic E-state index is -0.633. The Labute approximate surface area is 152 Å². The summed E-state index contributed by atoms with van der Waals surface area (Å²) in [5.74, 6) is -1.72. The summed E-state index contributed by atoms with van der Waals surface area (Å²) in [5.41, 5.74) is 5.02. The third-order valence-electron chi connectivity index (χ3n) is 3.41. The van der Waals surface area contributed by atoms with E-state index in [1.54, 1.807) is 0 Å². The van der Waals surface area contributed by atoms with E-state index in [1.807, 2.05) is 0 Å². The normalized spacial score (nSPS) is 10.3. The Morgan fingerprint density at radius 1 is 0.926 bits per heavy atom. The van der Waals surface area contributed by atoms with Crippen LogP contribution in [0.4, 0.5) is 8.78 Å². The number of nitrogens with zero attached hydrogens (tertiary/aromatic N) is 2. The van der Waals surface area contributed by atoms with Crippen molar-refractivity contribution in [2.75, 3.05) is 6.61 Å². The van der Waals surface area contributed by atoms with Crippen LogP contribution in [-0.2, 0) is 4.79 Å². The summed E-state index contributed by atoms with van der Waals surface area (Å²) in [6.07, 6.45) is 1.53. The molecule has 2 N–H and O–H groups in total. The Morgan fingerprint density at radius 3 is 2.22 bits per heavy atom. The van der Waals surface area contributed by atoms with Gasteiger partial charge in [0.1, 0.15) is 17.4 Å². The number of amides is 2. The number of rotatable bonds is 5. The Kier molecular flexibility index (Phi) is 5.41. The van der Waals surface area contributed by atoms with Gasteiger partial charge in [0.05, 0.1) is 5.69 Å². The van der Waals surface area contributed by atoms with Gasteiger partial charge < -0.3 is 4.74 Å². The molecule has 2 amide bonds. The van der Waals surface area contributed by atoms with Crippen molar-refractivity contribution < 1.29 is 23.1 Å². The van der Waals surface area contributed by atoms with Gasteiger partial charge >= 0.3 is 0 Å². The van der Waals surface area contributed by atoms with Crippen LogP contribution in [0.25, 0.3) is 5.69 Å². The molecule has 0 spiro atoms. The van der Waals surface area contributed by atoms with E-state index < -0.39 is 17.6 Å². The number of hydrogen-bond acceptors (Lipinski definition) is 4. The van der Waals surface area contributed by atoms with Crippen molar-refractivity contribution in [1.82, 2.24) is 20.6 Å². The summed E-state index contributed by atoms with van der Waals surface area (Å²) in [4.78, 5) is 23.7. The van der Waals surface area contributed by atoms with Gasteiger partial charge in [-0.2, -0.15) is 5.10 Å². The minimum Gasteiger partial charge on any atom is -0.484 e. The highest BCUT2D eigenvalue weighted by Crippen LogP contribution is 2.11. The molecule has 138 valence electrons. The molecule has 9 heteroatoms. The van der Waals surface area contributed by atoms with E-state index in [-0.39, 0.29) is 18.1 Å². The van der Waals surface area contributed by atoms with Gasteiger partial charge in [-0.1, -0.05) is 0 Å². The number of hydrazine groups is 1. The Morgan fingerprint density at radius 2 is 1.56 bits per heavy atom. The first-order chi connectivity index (χ1) is 13.0. The molecule has 0 unspecified atom stereocenters. The number of hydrogen-bond donors (Lipinski definition) is 2. The lowest BCUT2D eigenvalue weighted by molar-refractivity contribution is -0.123. The van der Waals surface area contributed by atoms with Gasteiger partial charge in [-0.3, -0.25) is 20.4 Å². The second-order valence-electron chi connectivity index (χ2n) is 5.37. The predicted molar refractivity (Wildman–Crippen MR) is 91.0 cm³/mol. The third kappa shape index (κ3) is 4.88. The van der Waals surface area contributed by atoms with Crippen LogP contribution in [-0.4, -0.2) is 28.2 Å². The van der Waals surface area contributed by atoms with Crippen molar-refractivity contribution in [3.8, 4) is 11.4 Å². The fourth-order valence-electron chi connectivity index (χ4n) is 2.09. The van der Waals surface area contributed by atoms with E-state index in [4.69, 9.17) is 4.74 Å². The van der Waals surface area contributed by atoms with Gasteiger partial charge in [0.25, 0.3) is 11.8 Å². The lowest BCUT2D eigenvalue weighted by atomic mass is 10.3. The van der Waals surface area contributed by atoms with Crippen molar-refractivity contribution in [2.45, 2.75) is 0 Å².